The van der Waals surface area contributed by atoms with E-state index in [9.17, 15) is 5.11 Å². The van der Waals surface area contributed by atoms with Crippen LogP contribution in [0.25, 0.3) is 0 Å². The Morgan fingerprint density at radius 2 is 1.55 bits per heavy atom. The molecule has 48 valence electrons. The van der Waals surface area contributed by atoms with Crippen LogP contribution in [-0.2, 0) is 0 Å². The first-order valence-electron chi connectivity index (χ1n) is 2.84. The molecule has 0 bridgehead atoms. The summed E-state index contributed by atoms with van der Waals surface area (Å²) < 4.78 is 0. The van der Waals surface area contributed by atoms with Crippen LogP contribution < -0.4 is 42.8 Å². The molecule has 1 aromatic carbocycles. The van der Waals surface area contributed by atoms with Crippen LogP contribution in [0.4, 0.5) is 0 Å². The van der Waals surface area contributed by atoms with Gasteiger partial charge >= 0.3 is 37.7 Å². The third-order valence-electron chi connectivity index (χ3n) is 1.17. The Hall–Kier alpha value is 0.375. The van der Waals surface area contributed by atoms with Crippen LogP contribution in [0.2, 0.25) is 0 Å². The maximum atomic E-state index is 10.6. The second-order valence-electron chi connectivity index (χ2n) is 1.90. The van der Waals surface area contributed by atoms with Gasteiger partial charge in [0, 0.05) is 0 Å². The number of hydrogen-bond donors (Lipinski definition) is 0. The van der Waals surface area contributed by atoms with Crippen LogP contribution in [0.3, 0.4) is 0 Å². The molecule has 3 heteroatoms. The first-order valence-corrected chi connectivity index (χ1v) is 2.84. The van der Waals surface area contributed by atoms with Crippen LogP contribution >= 0.6 is 0 Å². The van der Waals surface area contributed by atoms with Crippen LogP contribution in [0.5, 0.6) is 0 Å². The molecule has 0 aliphatic heterocycles. The molecule has 1 unspecified atom stereocenters. The zero-order chi connectivity index (χ0) is 6.69. The number of hydrogen-bond acceptors (Lipinski definition) is 1. The molecule has 0 saturated heterocycles. The second kappa shape index (κ2) is 7.05. The van der Waals surface area contributed by atoms with Gasteiger partial charge in [0.2, 0.25) is 0 Å². The quantitative estimate of drug-likeness (QED) is 0.278. The number of benzene rings is 1. The summed E-state index contributed by atoms with van der Waals surface area (Å²) in [6.45, 7) is 3.35. The predicted octanol–water partition coefficient (Wildman–Crippen LogP) is -5.07. The van der Waals surface area contributed by atoms with Crippen LogP contribution in [0.1, 0.15) is 11.7 Å². The summed E-state index contributed by atoms with van der Waals surface area (Å²) in [5.74, 6) is 0. The average molecular weight is 134 g/mol. The van der Waals surface area contributed by atoms with Gasteiger partial charge in [0.05, 0.1) is 0 Å². The molecule has 0 amide bonds. The molecule has 1 aromatic rings. The summed E-state index contributed by atoms with van der Waals surface area (Å²) in [5.41, 5.74) is 0.748. The second-order valence-corrected chi connectivity index (χ2v) is 1.90. The van der Waals surface area contributed by atoms with Crippen molar-refractivity contribution in [2.75, 3.05) is 0 Å². The van der Waals surface area contributed by atoms with Crippen molar-refractivity contribution in [1.82, 2.24) is 0 Å². The van der Waals surface area contributed by atoms with Gasteiger partial charge < -0.3 is 12.0 Å². The van der Waals surface area contributed by atoms with Gasteiger partial charge in [-0.1, -0.05) is 35.9 Å². The minimum Gasteiger partial charge on any atom is -0.873 e. The van der Waals surface area contributed by atoms with Gasteiger partial charge in [-0.05, 0) is 0 Å². The minimum atomic E-state index is -0.841. The van der Waals surface area contributed by atoms with E-state index in [2.05, 4.69) is 6.92 Å². The molecule has 1 nitrogen and oxygen atoms in total. The Balaban J connectivity index is 0. The molecular weight excluding hydrogens is 126 g/mol. The summed E-state index contributed by atoms with van der Waals surface area (Å²) in [6.07, 6.45) is -0.841. The van der Waals surface area contributed by atoms with E-state index in [-0.39, 0.29) is 37.7 Å². The minimum absolute atomic E-state index is 0. The Labute approximate surface area is 91.6 Å². The molecule has 0 aliphatic carbocycles. The molecular formula is C8H8Li2O. The fraction of sp³-hybridized carbons (Fsp3) is 0.125. The zero-order valence-electron chi connectivity index (χ0n) is 7.08. The van der Waals surface area contributed by atoms with Crippen molar-refractivity contribution in [3.05, 3.63) is 42.8 Å². The van der Waals surface area contributed by atoms with Crippen molar-refractivity contribution in [3.8, 4) is 0 Å². The topological polar surface area (TPSA) is 23.1 Å². The molecule has 0 radical (unpaired) electrons. The summed E-state index contributed by atoms with van der Waals surface area (Å²) in [5, 5.41) is 10.6. The van der Waals surface area contributed by atoms with E-state index in [1.807, 2.05) is 18.2 Å². The van der Waals surface area contributed by atoms with Gasteiger partial charge in [0.25, 0.3) is 0 Å². The molecule has 0 saturated carbocycles. The summed E-state index contributed by atoms with van der Waals surface area (Å²) >= 11 is 0. The first kappa shape index (κ1) is 13.9. The van der Waals surface area contributed by atoms with Crippen LogP contribution in [0.15, 0.2) is 30.3 Å². The maximum Gasteiger partial charge on any atom is 1.00 e. The maximum absolute atomic E-state index is 10.6. The SMILES string of the molecule is [CH2-]C([O-])c1ccccc1.[Li+].[Li+]. The van der Waals surface area contributed by atoms with Crippen LogP contribution in [-0.4, -0.2) is 0 Å². The van der Waals surface area contributed by atoms with Gasteiger partial charge in [0.1, 0.15) is 0 Å². The van der Waals surface area contributed by atoms with Gasteiger partial charge in [-0.15, -0.1) is 0 Å². The molecule has 0 fully saturated rings. The van der Waals surface area contributed by atoms with E-state index in [4.69, 9.17) is 0 Å². The standard InChI is InChI=1S/C8H8O.2Li/c1-7(9)8-5-3-2-4-6-8;;/h2-7H,1H2;;/q-2;2*+1. The molecule has 0 N–H and O–H groups in total. The van der Waals surface area contributed by atoms with E-state index in [0.29, 0.717) is 0 Å². The number of rotatable bonds is 1. The Morgan fingerprint density at radius 3 is 1.82 bits per heavy atom. The van der Waals surface area contributed by atoms with Crippen molar-refractivity contribution >= 4 is 0 Å². The molecule has 11 heavy (non-hydrogen) atoms. The fourth-order valence-electron chi connectivity index (χ4n) is 0.668. The first-order chi connectivity index (χ1) is 4.30. The zero-order valence-corrected chi connectivity index (χ0v) is 7.08. The average Bonchev–Trinajstić information content (AvgIpc) is 1.90. The van der Waals surface area contributed by atoms with E-state index in [1.165, 1.54) is 0 Å². The van der Waals surface area contributed by atoms with Gasteiger partial charge in [-0.3, -0.25) is 0 Å². The smallest absolute Gasteiger partial charge is 0.873 e. The fourth-order valence-corrected chi connectivity index (χ4v) is 0.668. The summed E-state index contributed by atoms with van der Waals surface area (Å²) in [6, 6.07) is 9.12. The molecule has 0 spiro atoms. The molecule has 0 aliphatic rings. The third-order valence-corrected chi connectivity index (χ3v) is 1.17. The van der Waals surface area contributed by atoms with E-state index >= 15 is 0 Å². The van der Waals surface area contributed by atoms with E-state index < -0.39 is 6.10 Å². The Bertz CT molecular complexity index is 175. The molecule has 1 rings (SSSR count). The Kier molecular flexibility index (Phi) is 8.92. The monoisotopic (exact) mass is 134 g/mol. The van der Waals surface area contributed by atoms with Crippen molar-refractivity contribution in [2.45, 2.75) is 6.10 Å². The van der Waals surface area contributed by atoms with Crippen LogP contribution in [0, 0.1) is 6.92 Å². The Morgan fingerprint density at radius 1 is 1.09 bits per heavy atom. The molecule has 0 aromatic heterocycles. The van der Waals surface area contributed by atoms with Crippen molar-refractivity contribution in [1.29, 1.82) is 0 Å². The normalized spacial score (nSPS) is 10.7. The molecule has 0 heterocycles. The largest absolute Gasteiger partial charge is 1.00 e. The van der Waals surface area contributed by atoms with Crippen molar-refractivity contribution < 1.29 is 42.8 Å². The van der Waals surface area contributed by atoms with E-state index in [1.54, 1.807) is 12.1 Å². The molecule has 1 atom stereocenters. The van der Waals surface area contributed by atoms with Crippen molar-refractivity contribution in [2.24, 2.45) is 0 Å². The van der Waals surface area contributed by atoms with Gasteiger partial charge in [-0.25, -0.2) is 6.10 Å². The third kappa shape index (κ3) is 4.75. The van der Waals surface area contributed by atoms with Crippen molar-refractivity contribution in [3.63, 3.8) is 0 Å². The summed E-state index contributed by atoms with van der Waals surface area (Å²) in [4.78, 5) is 0. The van der Waals surface area contributed by atoms with Gasteiger partial charge in [0.15, 0.2) is 0 Å². The van der Waals surface area contributed by atoms with Gasteiger partial charge in [-0.2, -0.15) is 0 Å². The predicted molar refractivity (Wildman–Crippen MR) is 34.5 cm³/mol. The summed E-state index contributed by atoms with van der Waals surface area (Å²) in [7, 11) is 0. The van der Waals surface area contributed by atoms with E-state index in [0.717, 1.165) is 5.56 Å².